The van der Waals surface area contributed by atoms with E-state index in [4.69, 9.17) is 16.7 Å². The van der Waals surface area contributed by atoms with E-state index in [2.05, 4.69) is 5.32 Å². The van der Waals surface area contributed by atoms with E-state index in [1.807, 2.05) is 0 Å². The number of carbonyl (C=O) groups excluding carboxylic acids is 1. The molecule has 0 atom stereocenters. The van der Waals surface area contributed by atoms with Gasteiger partial charge in [0, 0.05) is 31.6 Å². The zero-order chi connectivity index (χ0) is 19.0. The summed E-state index contributed by atoms with van der Waals surface area (Å²) in [7, 11) is -3.74. The second-order valence-corrected chi connectivity index (χ2v) is 7.70. The summed E-state index contributed by atoms with van der Waals surface area (Å²) in [5.41, 5.74) is 0.332. The van der Waals surface area contributed by atoms with Gasteiger partial charge in [-0.25, -0.2) is 8.42 Å². The summed E-state index contributed by atoms with van der Waals surface area (Å²) in [6, 6.07) is 4.29. The number of nitrogens with one attached hydrogen (secondary N) is 1. The van der Waals surface area contributed by atoms with E-state index in [0.717, 1.165) is 0 Å². The predicted octanol–water partition coefficient (Wildman–Crippen LogP) is 2.95. The van der Waals surface area contributed by atoms with E-state index in [1.54, 1.807) is 13.8 Å². The smallest absolute Gasteiger partial charge is 0.303 e. The van der Waals surface area contributed by atoms with E-state index in [1.165, 1.54) is 22.5 Å². The number of aliphatic carboxylic acids is 1. The fourth-order valence-corrected chi connectivity index (χ4v) is 4.23. The molecule has 0 saturated heterocycles. The minimum atomic E-state index is -3.74. The molecular formula is C16H23ClN2O5S. The maximum absolute atomic E-state index is 12.6. The van der Waals surface area contributed by atoms with Gasteiger partial charge in [0.2, 0.25) is 15.9 Å². The van der Waals surface area contributed by atoms with E-state index < -0.39 is 16.0 Å². The number of hydrogen-bond donors (Lipinski definition) is 2. The molecule has 140 valence electrons. The summed E-state index contributed by atoms with van der Waals surface area (Å²) in [6.07, 6.45) is 1.02. The lowest BCUT2D eigenvalue weighted by Gasteiger charge is -2.19. The van der Waals surface area contributed by atoms with Crippen molar-refractivity contribution in [2.24, 2.45) is 0 Å². The molecule has 9 heteroatoms. The number of carboxylic acid groups (broad SMARTS) is 1. The molecular weight excluding hydrogens is 368 g/mol. The van der Waals surface area contributed by atoms with Gasteiger partial charge in [-0.05, 0) is 31.0 Å². The molecule has 0 unspecified atom stereocenters. The third-order valence-electron chi connectivity index (χ3n) is 3.58. The minimum Gasteiger partial charge on any atom is -0.481 e. The number of anilines is 1. The first-order valence-electron chi connectivity index (χ1n) is 8.03. The van der Waals surface area contributed by atoms with E-state index in [-0.39, 0.29) is 28.7 Å². The molecule has 2 N–H and O–H groups in total. The molecule has 1 aromatic rings. The van der Waals surface area contributed by atoms with Gasteiger partial charge in [0.1, 0.15) is 4.90 Å². The van der Waals surface area contributed by atoms with Gasteiger partial charge < -0.3 is 10.4 Å². The fourth-order valence-electron chi connectivity index (χ4n) is 2.27. The monoisotopic (exact) mass is 390 g/mol. The number of nitrogens with zero attached hydrogens (tertiary/aromatic N) is 1. The van der Waals surface area contributed by atoms with Crippen LogP contribution >= 0.6 is 11.6 Å². The molecule has 0 aliphatic heterocycles. The average molecular weight is 391 g/mol. The van der Waals surface area contributed by atoms with Gasteiger partial charge in [0.15, 0.2) is 0 Å². The highest BCUT2D eigenvalue weighted by atomic mass is 35.5. The maximum Gasteiger partial charge on any atom is 0.303 e. The molecule has 0 heterocycles. The highest BCUT2D eigenvalue weighted by Crippen LogP contribution is 2.27. The van der Waals surface area contributed by atoms with Gasteiger partial charge in [-0.2, -0.15) is 4.31 Å². The lowest BCUT2D eigenvalue weighted by atomic mass is 10.2. The van der Waals surface area contributed by atoms with Gasteiger partial charge in [0.25, 0.3) is 0 Å². The van der Waals surface area contributed by atoms with Crippen LogP contribution in [0.5, 0.6) is 0 Å². The molecule has 1 rings (SSSR count). The van der Waals surface area contributed by atoms with Gasteiger partial charge >= 0.3 is 5.97 Å². The molecule has 0 saturated carbocycles. The van der Waals surface area contributed by atoms with Crippen LogP contribution in [0, 0.1) is 0 Å². The Hall–Kier alpha value is -1.64. The SMILES string of the molecule is CCN(CC)S(=O)(=O)c1cc(NC(=O)CCCCC(=O)O)ccc1Cl. The van der Waals surface area contributed by atoms with Crippen molar-refractivity contribution >= 4 is 39.2 Å². The maximum atomic E-state index is 12.6. The third-order valence-corrected chi connectivity index (χ3v) is 6.11. The van der Waals surface area contributed by atoms with Crippen molar-refractivity contribution in [3.63, 3.8) is 0 Å². The summed E-state index contributed by atoms with van der Waals surface area (Å²) in [5.74, 6) is -1.21. The average Bonchev–Trinajstić information content (AvgIpc) is 2.54. The Labute approximate surface area is 153 Å². The molecule has 0 aromatic heterocycles. The van der Waals surface area contributed by atoms with Crippen molar-refractivity contribution < 1.29 is 23.1 Å². The molecule has 1 aromatic carbocycles. The first-order chi connectivity index (χ1) is 11.7. The molecule has 0 aliphatic carbocycles. The lowest BCUT2D eigenvalue weighted by molar-refractivity contribution is -0.137. The van der Waals surface area contributed by atoms with Crippen molar-refractivity contribution in [1.29, 1.82) is 0 Å². The Morgan fingerprint density at radius 2 is 1.76 bits per heavy atom. The lowest BCUT2D eigenvalue weighted by Crippen LogP contribution is -2.30. The van der Waals surface area contributed by atoms with Crippen molar-refractivity contribution in [3.05, 3.63) is 23.2 Å². The molecule has 1 amide bonds. The Morgan fingerprint density at radius 3 is 2.32 bits per heavy atom. The first-order valence-corrected chi connectivity index (χ1v) is 9.85. The molecule has 0 bridgehead atoms. The number of amides is 1. The Bertz CT molecular complexity index is 717. The second kappa shape index (κ2) is 9.74. The number of halogens is 1. The predicted molar refractivity (Wildman–Crippen MR) is 96.3 cm³/mol. The van der Waals surface area contributed by atoms with Crippen molar-refractivity contribution in [1.82, 2.24) is 4.31 Å². The topological polar surface area (TPSA) is 104 Å². The number of hydrogen-bond acceptors (Lipinski definition) is 4. The summed E-state index contributed by atoms with van der Waals surface area (Å²) < 4.78 is 26.5. The third kappa shape index (κ3) is 6.30. The van der Waals surface area contributed by atoms with Crippen LogP contribution < -0.4 is 5.32 Å². The van der Waals surface area contributed by atoms with Gasteiger partial charge in [-0.15, -0.1) is 0 Å². The van der Waals surface area contributed by atoms with Crippen LogP contribution in [0.15, 0.2) is 23.1 Å². The Kier molecular flexibility index (Phi) is 8.34. The summed E-state index contributed by atoms with van der Waals surface area (Å²) in [4.78, 5) is 22.3. The van der Waals surface area contributed by atoms with Gasteiger partial charge in [-0.1, -0.05) is 25.4 Å². The van der Waals surface area contributed by atoms with Gasteiger partial charge in [-0.3, -0.25) is 9.59 Å². The van der Waals surface area contributed by atoms with Crippen molar-refractivity contribution in [2.45, 2.75) is 44.4 Å². The first kappa shape index (κ1) is 21.4. The molecule has 0 spiro atoms. The van der Waals surface area contributed by atoms with Crippen LogP contribution in [0.25, 0.3) is 0 Å². The highest BCUT2D eigenvalue weighted by molar-refractivity contribution is 7.89. The fraction of sp³-hybridized carbons (Fsp3) is 0.500. The normalized spacial score (nSPS) is 11.5. The van der Waals surface area contributed by atoms with Crippen LogP contribution in [0.4, 0.5) is 5.69 Å². The number of benzene rings is 1. The number of rotatable bonds is 10. The zero-order valence-corrected chi connectivity index (χ0v) is 15.9. The van der Waals surface area contributed by atoms with E-state index in [9.17, 15) is 18.0 Å². The van der Waals surface area contributed by atoms with Crippen LogP contribution in [-0.2, 0) is 19.6 Å². The van der Waals surface area contributed by atoms with Crippen LogP contribution in [0.2, 0.25) is 5.02 Å². The van der Waals surface area contributed by atoms with Crippen LogP contribution in [0.1, 0.15) is 39.5 Å². The number of unbranched alkanes of at least 4 members (excludes halogenated alkanes) is 1. The number of carbonyl (C=O) groups is 2. The number of sulfonamides is 1. The Balaban J connectivity index is 2.84. The highest BCUT2D eigenvalue weighted by Gasteiger charge is 2.24. The largest absolute Gasteiger partial charge is 0.481 e. The molecule has 0 fully saturated rings. The quantitative estimate of drug-likeness (QED) is 0.597. The van der Waals surface area contributed by atoms with E-state index >= 15 is 0 Å². The van der Waals surface area contributed by atoms with Crippen molar-refractivity contribution in [2.75, 3.05) is 18.4 Å². The second-order valence-electron chi connectivity index (χ2n) is 5.38. The minimum absolute atomic E-state index is 0.0144. The summed E-state index contributed by atoms with van der Waals surface area (Å²) in [5, 5.41) is 11.3. The molecule has 0 radical (unpaired) electrons. The zero-order valence-electron chi connectivity index (χ0n) is 14.3. The van der Waals surface area contributed by atoms with Gasteiger partial charge in [0.05, 0.1) is 5.02 Å². The van der Waals surface area contributed by atoms with Crippen molar-refractivity contribution in [3.8, 4) is 0 Å². The van der Waals surface area contributed by atoms with Crippen LogP contribution in [-0.4, -0.2) is 42.8 Å². The van der Waals surface area contributed by atoms with E-state index in [0.29, 0.717) is 31.6 Å². The molecule has 25 heavy (non-hydrogen) atoms. The number of carboxylic acids is 1. The summed E-state index contributed by atoms with van der Waals surface area (Å²) >= 11 is 6.03. The molecule has 0 aliphatic rings. The molecule has 7 nitrogen and oxygen atoms in total. The van der Waals surface area contributed by atoms with Crippen LogP contribution in [0.3, 0.4) is 0 Å². The standard InChI is InChI=1S/C16H23ClN2O5S/c1-3-19(4-2)25(23,24)14-11-12(9-10-13(14)17)18-15(20)7-5-6-8-16(21)22/h9-11H,3-8H2,1-2H3,(H,18,20)(H,21,22). The Morgan fingerprint density at radius 1 is 1.16 bits per heavy atom. The summed E-state index contributed by atoms with van der Waals surface area (Å²) in [6.45, 7) is 4.10.